The molecule has 0 amide bonds. The van der Waals surface area contributed by atoms with E-state index in [1.165, 1.54) is 25.7 Å². The first kappa shape index (κ1) is 15.1. The predicted octanol–water partition coefficient (Wildman–Crippen LogP) is 2.92. The normalized spacial score (nSPS) is 17.1. The fraction of sp³-hybridized carbons (Fsp3) is 0.625. The molecule has 0 saturated heterocycles. The first-order valence-corrected chi connectivity index (χ1v) is 7.29. The lowest BCUT2D eigenvalue weighted by atomic mass is 10.1. The molecule has 0 spiro atoms. The summed E-state index contributed by atoms with van der Waals surface area (Å²) >= 11 is 0. The molecule has 112 valence electrons. The van der Waals surface area contributed by atoms with E-state index in [4.69, 9.17) is 14.2 Å². The van der Waals surface area contributed by atoms with Gasteiger partial charge in [-0.05, 0) is 32.0 Å². The van der Waals surface area contributed by atoms with E-state index in [2.05, 4.69) is 5.32 Å². The summed E-state index contributed by atoms with van der Waals surface area (Å²) in [4.78, 5) is 0. The van der Waals surface area contributed by atoms with E-state index in [-0.39, 0.29) is 6.04 Å². The van der Waals surface area contributed by atoms with Crippen molar-refractivity contribution in [1.82, 2.24) is 5.32 Å². The summed E-state index contributed by atoms with van der Waals surface area (Å²) in [6, 6.07) is 6.04. The van der Waals surface area contributed by atoms with Crippen molar-refractivity contribution in [3.8, 4) is 11.5 Å². The maximum Gasteiger partial charge on any atom is 0.127 e. The van der Waals surface area contributed by atoms with Gasteiger partial charge in [-0.1, -0.05) is 12.8 Å². The van der Waals surface area contributed by atoms with Crippen LogP contribution in [-0.4, -0.2) is 34.0 Å². The molecular weight excluding hydrogens is 254 g/mol. The Bertz CT molecular complexity index is 416. The van der Waals surface area contributed by atoms with E-state index in [9.17, 15) is 0 Å². The molecule has 1 N–H and O–H groups in total. The molecule has 1 fully saturated rings. The van der Waals surface area contributed by atoms with E-state index in [0.29, 0.717) is 12.7 Å². The van der Waals surface area contributed by atoms with Gasteiger partial charge in [0, 0.05) is 11.6 Å². The fourth-order valence-electron chi connectivity index (χ4n) is 2.72. The van der Waals surface area contributed by atoms with E-state index in [1.807, 2.05) is 25.2 Å². The average Bonchev–Trinajstić information content (AvgIpc) is 3.01. The molecule has 1 unspecified atom stereocenters. The second kappa shape index (κ2) is 7.50. The number of rotatable bonds is 7. The SMILES string of the molecule is CNC(COC1CCCC1)c1ccc(OC)cc1OC. The van der Waals surface area contributed by atoms with Gasteiger partial charge in [0.1, 0.15) is 11.5 Å². The Morgan fingerprint density at radius 1 is 1.20 bits per heavy atom. The van der Waals surface area contributed by atoms with Crippen LogP contribution >= 0.6 is 0 Å². The topological polar surface area (TPSA) is 39.7 Å². The molecule has 1 aliphatic rings. The van der Waals surface area contributed by atoms with Crippen LogP contribution in [-0.2, 0) is 4.74 Å². The van der Waals surface area contributed by atoms with Gasteiger partial charge < -0.3 is 19.5 Å². The van der Waals surface area contributed by atoms with Gasteiger partial charge in [0.05, 0.1) is 33.0 Å². The van der Waals surface area contributed by atoms with Gasteiger partial charge in [0.25, 0.3) is 0 Å². The smallest absolute Gasteiger partial charge is 0.127 e. The van der Waals surface area contributed by atoms with Crippen LogP contribution in [0.3, 0.4) is 0 Å². The second-order valence-corrected chi connectivity index (χ2v) is 5.19. The maximum atomic E-state index is 6.02. The first-order valence-electron chi connectivity index (χ1n) is 7.29. The molecule has 1 aliphatic carbocycles. The van der Waals surface area contributed by atoms with Crippen LogP contribution < -0.4 is 14.8 Å². The molecule has 0 heterocycles. The molecule has 2 rings (SSSR count). The summed E-state index contributed by atoms with van der Waals surface area (Å²) in [5.74, 6) is 1.64. The Kier molecular flexibility index (Phi) is 5.68. The monoisotopic (exact) mass is 279 g/mol. The van der Waals surface area contributed by atoms with Gasteiger partial charge in [-0.25, -0.2) is 0 Å². The number of methoxy groups -OCH3 is 2. The quantitative estimate of drug-likeness (QED) is 0.833. The van der Waals surface area contributed by atoms with Crippen LogP contribution in [0.15, 0.2) is 18.2 Å². The molecule has 0 bridgehead atoms. The van der Waals surface area contributed by atoms with Gasteiger partial charge >= 0.3 is 0 Å². The van der Waals surface area contributed by atoms with E-state index >= 15 is 0 Å². The standard InChI is InChI=1S/C16H25NO3/c1-17-15(11-20-12-6-4-5-7-12)14-9-8-13(18-2)10-16(14)19-3/h8-10,12,15,17H,4-7,11H2,1-3H3. The molecule has 1 atom stereocenters. The molecule has 0 radical (unpaired) electrons. The van der Waals surface area contributed by atoms with Gasteiger partial charge in [-0.3, -0.25) is 0 Å². The Labute approximate surface area is 121 Å². The van der Waals surface area contributed by atoms with E-state index in [0.717, 1.165) is 17.1 Å². The molecule has 1 aromatic rings. The number of hydrogen-bond donors (Lipinski definition) is 1. The average molecular weight is 279 g/mol. The highest BCUT2D eigenvalue weighted by atomic mass is 16.5. The van der Waals surface area contributed by atoms with Crippen LogP contribution in [0.1, 0.15) is 37.3 Å². The molecule has 20 heavy (non-hydrogen) atoms. The Morgan fingerprint density at radius 3 is 2.55 bits per heavy atom. The zero-order chi connectivity index (χ0) is 14.4. The van der Waals surface area contributed by atoms with Gasteiger partial charge in [-0.15, -0.1) is 0 Å². The third kappa shape index (κ3) is 3.64. The molecule has 0 aliphatic heterocycles. The van der Waals surface area contributed by atoms with Crippen LogP contribution in [0, 0.1) is 0 Å². The molecule has 4 heteroatoms. The summed E-state index contributed by atoms with van der Waals surface area (Å²) in [5.41, 5.74) is 1.11. The van der Waals surface area contributed by atoms with E-state index in [1.54, 1.807) is 14.2 Å². The van der Waals surface area contributed by atoms with Crippen LogP contribution in [0.2, 0.25) is 0 Å². The summed E-state index contributed by atoms with van der Waals surface area (Å²) < 4.78 is 16.7. The maximum absolute atomic E-state index is 6.02. The van der Waals surface area contributed by atoms with Crippen molar-refractivity contribution in [2.45, 2.75) is 37.8 Å². The first-order chi connectivity index (χ1) is 9.78. The fourth-order valence-corrected chi connectivity index (χ4v) is 2.72. The lowest BCUT2D eigenvalue weighted by Gasteiger charge is -2.22. The summed E-state index contributed by atoms with van der Waals surface area (Å²) in [6.07, 6.45) is 5.39. The number of likely N-dealkylation sites (N-methyl/N-ethyl adjacent to an activating group) is 1. The minimum Gasteiger partial charge on any atom is -0.497 e. The number of benzene rings is 1. The number of ether oxygens (including phenoxy) is 3. The highest BCUT2D eigenvalue weighted by molar-refractivity contribution is 5.42. The largest absolute Gasteiger partial charge is 0.497 e. The lowest BCUT2D eigenvalue weighted by Crippen LogP contribution is -2.24. The third-order valence-corrected chi connectivity index (χ3v) is 3.97. The molecule has 0 aromatic heterocycles. The predicted molar refractivity (Wildman–Crippen MR) is 79.6 cm³/mol. The third-order valence-electron chi connectivity index (χ3n) is 3.97. The molecular formula is C16H25NO3. The summed E-state index contributed by atoms with van der Waals surface area (Å²) in [6.45, 7) is 0.670. The van der Waals surface area contributed by atoms with Crippen molar-refractivity contribution in [3.63, 3.8) is 0 Å². The Hall–Kier alpha value is -1.26. The van der Waals surface area contributed by atoms with Crippen LogP contribution in [0.25, 0.3) is 0 Å². The van der Waals surface area contributed by atoms with Crippen LogP contribution in [0.5, 0.6) is 11.5 Å². The minimum absolute atomic E-state index is 0.136. The highest BCUT2D eigenvalue weighted by Gasteiger charge is 2.20. The van der Waals surface area contributed by atoms with Crippen molar-refractivity contribution in [2.75, 3.05) is 27.9 Å². The Balaban J connectivity index is 2.05. The van der Waals surface area contributed by atoms with Crippen molar-refractivity contribution >= 4 is 0 Å². The van der Waals surface area contributed by atoms with E-state index < -0.39 is 0 Å². The van der Waals surface area contributed by atoms with Crippen molar-refractivity contribution < 1.29 is 14.2 Å². The minimum atomic E-state index is 0.136. The van der Waals surface area contributed by atoms with Crippen molar-refractivity contribution in [3.05, 3.63) is 23.8 Å². The molecule has 1 saturated carbocycles. The zero-order valence-corrected chi connectivity index (χ0v) is 12.6. The molecule has 4 nitrogen and oxygen atoms in total. The Morgan fingerprint density at radius 2 is 1.95 bits per heavy atom. The zero-order valence-electron chi connectivity index (χ0n) is 12.6. The summed E-state index contributed by atoms with van der Waals surface area (Å²) in [5, 5.41) is 3.31. The number of hydrogen-bond acceptors (Lipinski definition) is 4. The lowest BCUT2D eigenvalue weighted by molar-refractivity contribution is 0.0434. The highest BCUT2D eigenvalue weighted by Crippen LogP contribution is 2.30. The molecule has 1 aromatic carbocycles. The van der Waals surface area contributed by atoms with Gasteiger partial charge in [0.15, 0.2) is 0 Å². The van der Waals surface area contributed by atoms with Gasteiger partial charge in [-0.2, -0.15) is 0 Å². The van der Waals surface area contributed by atoms with Crippen molar-refractivity contribution in [2.24, 2.45) is 0 Å². The number of nitrogens with one attached hydrogen (secondary N) is 1. The van der Waals surface area contributed by atoms with Crippen LogP contribution in [0.4, 0.5) is 0 Å². The van der Waals surface area contributed by atoms with Crippen molar-refractivity contribution in [1.29, 1.82) is 0 Å². The van der Waals surface area contributed by atoms with Gasteiger partial charge in [0.2, 0.25) is 0 Å². The summed E-state index contributed by atoms with van der Waals surface area (Å²) in [7, 11) is 5.29. The second-order valence-electron chi connectivity index (χ2n) is 5.19.